The summed E-state index contributed by atoms with van der Waals surface area (Å²) in [5, 5.41) is 11.9. The number of nitrogens with zero attached hydrogens (tertiary/aromatic N) is 3. The lowest BCUT2D eigenvalue weighted by molar-refractivity contribution is 0.0949. The molecule has 24 heavy (non-hydrogen) atoms. The van der Waals surface area contributed by atoms with Crippen molar-refractivity contribution in [3.63, 3.8) is 0 Å². The van der Waals surface area contributed by atoms with Gasteiger partial charge in [0, 0.05) is 18.8 Å². The van der Waals surface area contributed by atoms with Crippen LogP contribution < -0.4 is 10.5 Å². The summed E-state index contributed by atoms with van der Waals surface area (Å²) in [7, 11) is -3.72. The van der Waals surface area contributed by atoms with Gasteiger partial charge in [-0.25, -0.2) is 23.1 Å². The van der Waals surface area contributed by atoms with E-state index in [4.69, 9.17) is 5.14 Å². The Labute approximate surface area is 138 Å². The molecule has 1 amide bonds. The van der Waals surface area contributed by atoms with E-state index in [9.17, 15) is 13.2 Å². The summed E-state index contributed by atoms with van der Waals surface area (Å²) in [4.78, 5) is 16.5. The Bertz CT molecular complexity index is 1010. The topological polar surface area (TPSA) is 119 Å². The van der Waals surface area contributed by atoms with Crippen LogP contribution in [-0.4, -0.2) is 28.9 Å². The zero-order valence-electron chi connectivity index (χ0n) is 12.8. The van der Waals surface area contributed by atoms with Crippen LogP contribution in [-0.2, 0) is 16.6 Å². The van der Waals surface area contributed by atoms with Gasteiger partial charge < -0.3 is 5.32 Å². The highest BCUT2D eigenvalue weighted by Gasteiger charge is 2.13. The molecule has 2 aromatic heterocycles. The van der Waals surface area contributed by atoms with E-state index in [1.807, 2.05) is 0 Å². The second-order valence-corrected chi connectivity index (χ2v) is 6.79. The van der Waals surface area contributed by atoms with Crippen molar-refractivity contribution in [3.05, 3.63) is 59.5 Å². The quantitative estimate of drug-likeness (QED) is 0.718. The fraction of sp³-hybridized carbons (Fsp3) is 0.133. The van der Waals surface area contributed by atoms with E-state index in [-0.39, 0.29) is 17.3 Å². The minimum Gasteiger partial charge on any atom is -0.348 e. The van der Waals surface area contributed by atoms with Gasteiger partial charge in [0.25, 0.3) is 5.91 Å². The summed E-state index contributed by atoms with van der Waals surface area (Å²) in [5.41, 5.74) is 2.53. The smallest absolute Gasteiger partial charge is 0.254 e. The first kappa shape index (κ1) is 16.1. The average Bonchev–Trinajstić information content (AvgIpc) is 3.02. The third-order valence-corrected chi connectivity index (χ3v) is 4.53. The van der Waals surface area contributed by atoms with Gasteiger partial charge in [0.1, 0.15) is 0 Å². The molecule has 0 spiro atoms. The summed E-state index contributed by atoms with van der Waals surface area (Å²) in [6.07, 6.45) is 3.12. The van der Waals surface area contributed by atoms with Crippen molar-refractivity contribution in [1.82, 2.24) is 19.9 Å². The molecule has 0 saturated heterocycles. The summed E-state index contributed by atoms with van der Waals surface area (Å²) in [6, 6.07) is 7.75. The van der Waals surface area contributed by atoms with Crippen LogP contribution in [0.1, 0.15) is 21.6 Å². The van der Waals surface area contributed by atoms with Crippen molar-refractivity contribution in [2.24, 2.45) is 5.14 Å². The second-order valence-electron chi connectivity index (χ2n) is 5.23. The molecule has 1 aromatic carbocycles. The van der Waals surface area contributed by atoms with Crippen molar-refractivity contribution in [2.75, 3.05) is 0 Å². The Morgan fingerprint density at radius 1 is 1.25 bits per heavy atom. The van der Waals surface area contributed by atoms with Crippen molar-refractivity contribution in [3.8, 4) is 0 Å². The lowest BCUT2D eigenvalue weighted by Crippen LogP contribution is -2.24. The Morgan fingerprint density at radius 2 is 1.96 bits per heavy atom. The lowest BCUT2D eigenvalue weighted by atomic mass is 10.2. The van der Waals surface area contributed by atoms with Gasteiger partial charge in [-0.3, -0.25) is 4.79 Å². The number of primary sulfonamides is 1. The molecule has 9 heteroatoms. The number of nitrogens with one attached hydrogen (secondary N) is 1. The number of hydrogen-bond donors (Lipinski definition) is 2. The molecular weight excluding hydrogens is 330 g/mol. The Kier molecular flexibility index (Phi) is 4.04. The van der Waals surface area contributed by atoms with Gasteiger partial charge in [-0.2, -0.15) is 5.10 Å². The molecule has 3 rings (SSSR count). The number of amides is 1. The standard InChI is InChI=1S/C15H15N5O3S/c1-10-13(9-17-14-6-7-19-20(10)14)15(21)18-8-11-2-4-12(5-3-11)24(16,22)23/h2-7,9H,8H2,1H3,(H,18,21)(H2,16,22,23). The molecular formula is C15H15N5O3S. The number of carbonyl (C=O) groups excluding carboxylic acids is 1. The van der Waals surface area contributed by atoms with E-state index in [1.54, 1.807) is 35.8 Å². The second kappa shape index (κ2) is 6.02. The minimum atomic E-state index is -3.72. The lowest BCUT2D eigenvalue weighted by Gasteiger charge is -2.09. The molecule has 3 N–H and O–H groups in total. The van der Waals surface area contributed by atoms with Crippen molar-refractivity contribution < 1.29 is 13.2 Å². The third-order valence-electron chi connectivity index (χ3n) is 3.61. The predicted molar refractivity (Wildman–Crippen MR) is 86.7 cm³/mol. The van der Waals surface area contributed by atoms with Crippen LogP contribution in [0.15, 0.2) is 47.6 Å². The van der Waals surface area contributed by atoms with E-state index in [0.717, 1.165) is 5.56 Å². The van der Waals surface area contributed by atoms with Crippen LogP contribution in [0, 0.1) is 6.92 Å². The molecule has 124 valence electrons. The number of fused-ring (bicyclic) bond motifs is 1. The summed E-state index contributed by atoms with van der Waals surface area (Å²) in [6.45, 7) is 2.04. The number of nitrogens with two attached hydrogens (primary N) is 1. The fourth-order valence-corrected chi connectivity index (χ4v) is 2.80. The van der Waals surface area contributed by atoms with E-state index in [2.05, 4.69) is 15.4 Å². The van der Waals surface area contributed by atoms with Crippen LogP contribution in [0.4, 0.5) is 0 Å². The van der Waals surface area contributed by atoms with Gasteiger partial charge >= 0.3 is 0 Å². The fourth-order valence-electron chi connectivity index (χ4n) is 2.29. The first-order valence-electron chi connectivity index (χ1n) is 7.05. The maximum absolute atomic E-state index is 12.3. The molecule has 0 unspecified atom stereocenters. The van der Waals surface area contributed by atoms with Gasteiger partial charge in [-0.1, -0.05) is 12.1 Å². The van der Waals surface area contributed by atoms with E-state index in [0.29, 0.717) is 16.9 Å². The van der Waals surface area contributed by atoms with Crippen LogP contribution in [0.25, 0.3) is 5.65 Å². The molecule has 0 aliphatic heterocycles. The normalized spacial score (nSPS) is 11.6. The van der Waals surface area contributed by atoms with Gasteiger partial charge in [0.15, 0.2) is 5.65 Å². The first-order valence-corrected chi connectivity index (χ1v) is 8.60. The zero-order chi connectivity index (χ0) is 17.3. The molecule has 0 aliphatic rings. The summed E-state index contributed by atoms with van der Waals surface area (Å²) >= 11 is 0. The molecule has 0 saturated carbocycles. The summed E-state index contributed by atoms with van der Waals surface area (Å²) < 4.78 is 24.0. The molecule has 8 nitrogen and oxygen atoms in total. The van der Waals surface area contributed by atoms with E-state index in [1.165, 1.54) is 18.3 Å². The van der Waals surface area contributed by atoms with Crippen molar-refractivity contribution >= 4 is 21.6 Å². The highest BCUT2D eigenvalue weighted by molar-refractivity contribution is 7.89. The van der Waals surface area contributed by atoms with E-state index >= 15 is 0 Å². The third kappa shape index (κ3) is 3.12. The average molecular weight is 345 g/mol. The molecule has 0 aliphatic carbocycles. The van der Waals surface area contributed by atoms with Crippen LogP contribution in [0.2, 0.25) is 0 Å². The Morgan fingerprint density at radius 3 is 2.62 bits per heavy atom. The SMILES string of the molecule is Cc1c(C(=O)NCc2ccc(S(N)(=O)=O)cc2)cnc2ccnn12. The number of carbonyl (C=O) groups is 1. The highest BCUT2D eigenvalue weighted by Crippen LogP contribution is 2.11. The van der Waals surface area contributed by atoms with E-state index < -0.39 is 10.0 Å². The Balaban J connectivity index is 1.74. The maximum atomic E-state index is 12.3. The Hall–Kier alpha value is -2.78. The van der Waals surface area contributed by atoms with Gasteiger partial charge in [-0.05, 0) is 24.6 Å². The first-order chi connectivity index (χ1) is 11.4. The van der Waals surface area contributed by atoms with Crippen LogP contribution in [0.5, 0.6) is 0 Å². The molecule has 0 bridgehead atoms. The van der Waals surface area contributed by atoms with Crippen molar-refractivity contribution in [2.45, 2.75) is 18.4 Å². The minimum absolute atomic E-state index is 0.0294. The van der Waals surface area contributed by atoms with Crippen molar-refractivity contribution in [1.29, 1.82) is 0 Å². The molecule has 0 radical (unpaired) electrons. The molecule has 2 heterocycles. The monoisotopic (exact) mass is 345 g/mol. The number of sulfonamides is 1. The maximum Gasteiger partial charge on any atom is 0.254 e. The number of benzene rings is 1. The highest BCUT2D eigenvalue weighted by atomic mass is 32.2. The number of rotatable bonds is 4. The van der Waals surface area contributed by atoms with Gasteiger partial charge in [-0.15, -0.1) is 0 Å². The molecule has 3 aromatic rings. The summed E-state index contributed by atoms with van der Waals surface area (Å²) in [5.74, 6) is -0.284. The molecule has 0 fully saturated rings. The van der Waals surface area contributed by atoms with Gasteiger partial charge in [0.2, 0.25) is 10.0 Å². The zero-order valence-corrected chi connectivity index (χ0v) is 13.6. The van der Waals surface area contributed by atoms with Gasteiger partial charge in [0.05, 0.1) is 22.3 Å². The van der Waals surface area contributed by atoms with Crippen LogP contribution in [0.3, 0.4) is 0 Å². The molecule has 0 atom stereocenters. The number of hydrogen-bond acceptors (Lipinski definition) is 5. The number of aromatic nitrogens is 3. The number of aryl methyl sites for hydroxylation is 1. The predicted octanol–water partition coefficient (Wildman–Crippen LogP) is 0.615. The largest absolute Gasteiger partial charge is 0.348 e. The van der Waals surface area contributed by atoms with Crippen LogP contribution >= 0.6 is 0 Å².